The fourth-order valence-corrected chi connectivity index (χ4v) is 1.88. The summed E-state index contributed by atoms with van der Waals surface area (Å²) in [6.45, 7) is 5.30. The van der Waals surface area contributed by atoms with Crippen molar-refractivity contribution in [3.63, 3.8) is 0 Å². The smallest absolute Gasteiger partial charge is 0.135 e. The second-order valence-electron chi connectivity index (χ2n) is 4.47. The highest BCUT2D eigenvalue weighted by Gasteiger charge is 2.06. The average molecular weight is 272 g/mol. The van der Waals surface area contributed by atoms with Gasteiger partial charge in [0.2, 0.25) is 0 Å². The predicted molar refractivity (Wildman–Crippen MR) is 79.4 cm³/mol. The number of aryl methyl sites for hydroxylation is 1. The van der Waals surface area contributed by atoms with Crippen LogP contribution in [-0.2, 0) is 6.54 Å². The molecule has 1 aromatic carbocycles. The van der Waals surface area contributed by atoms with E-state index in [-0.39, 0.29) is 0 Å². The van der Waals surface area contributed by atoms with Crippen LogP contribution >= 0.6 is 0 Å². The molecule has 2 rings (SSSR count). The predicted octanol–water partition coefficient (Wildman–Crippen LogP) is 3.30. The summed E-state index contributed by atoms with van der Waals surface area (Å²) in [5, 5.41) is 3.12. The highest BCUT2D eigenvalue weighted by molar-refractivity contribution is 5.39. The Labute approximate surface area is 119 Å². The van der Waals surface area contributed by atoms with Gasteiger partial charge in [-0.2, -0.15) is 0 Å². The minimum Gasteiger partial charge on any atom is -0.494 e. The van der Waals surface area contributed by atoms with Gasteiger partial charge in [-0.25, -0.2) is 0 Å². The molecule has 2 aromatic rings. The van der Waals surface area contributed by atoms with Crippen LogP contribution in [-0.4, -0.2) is 18.6 Å². The third-order valence-corrected chi connectivity index (χ3v) is 2.81. The topological polar surface area (TPSA) is 43.4 Å². The first-order valence-corrected chi connectivity index (χ1v) is 6.73. The Morgan fingerprint density at radius 2 is 1.85 bits per heavy atom. The molecule has 20 heavy (non-hydrogen) atoms. The summed E-state index contributed by atoms with van der Waals surface area (Å²) in [7, 11) is 1.90. The van der Waals surface area contributed by atoms with Crippen molar-refractivity contribution in [3.8, 4) is 17.2 Å². The lowest BCUT2D eigenvalue weighted by Gasteiger charge is -2.12. The molecule has 1 N–H and O–H groups in total. The van der Waals surface area contributed by atoms with E-state index in [1.54, 1.807) is 0 Å². The Kier molecular flexibility index (Phi) is 4.96. The van der Waals surface area contributed by atoms with E-state index in [0.717, 1.165) is 35.1 Å². The van der Waals surface area contributed by atoms with Gasteiger partial charge in [0.25, 0.3) is 0 Å². The van der Waals surface area contributed by atoms with E-state index < -0.39 is 0 Å². The van der Waals surface area contributed by atoms with Crippen molar-refractivity contribution >= 4 is 0 Å². The molecule has 0 amide bonds. The summed E-state index contributed by atoms with van der Waals surface area (Å²) in [6.07, 6.45) is 1.84. The van der Waals surface area contributed by atoms with Crippen LogP contribution in [0.1, 0.15) is 18.2 Å². The third kappa shape index (κ3) is 3.71. The van der Waals surface area contributed by atoms with Gasteiger partial charge in [-0.15, -0.1) is 0 Å². The summed E-state index contributed by atoms with van der Waals surface area (Å²) in [6, 6.07) is 9.58. The molecule has 0 bridgehead atoms. The molecule has 1 heterocycles. The largest absolute Gasteiger partial charge is 0.494 e. The zero-order chi connectivity index (χ0) is 14.4. The van der Waals surface area contributed by atoms with E-state index in [1.807, 2.05) is 57.4 Å². The van der Waals surface area contributed by atoms with Crippen LogP contribution in [0.3, 0.4) is 0 Å². The van der Waals surface area contributed by atoms with Crippen LogP contribution < -0.4 is 14.8 Å². The van der Waals surface area contributed by atoms with Gasteiger partial charge in [0, 0.05) is 30.1 Å². The number of nitrogens with one attached hydrogen (secondary N) is 1. The lowest BCUT2D eigenvalue weighted by molar-refractivity contribution is 0.339. The van der Waals surface area contributed by atoms with Gasteiger partial charge < -0.3 is 14.8 Å². The quantitative estimate of drug-likeness (QED) is 0.876. The zero-order valence-corrected chi connectivity index (χ0v) is 12.1. The molecule has 0 saturated heterocycles. The first-order chi connectivity index (χ1) is 9.72. The molecule has 0 saturated carbocycles. The lowest BCUT2D eigenvalue weighted by Crippen LogP contribution is -2.07. The van der Waals surface area contributed by atoms with Gasteiger partial charge in [-0.05, 0) is 45.2 Å². The first kappa shape index (κ1) is 14.3. The number of aromatic nitrogens is 1. The monoisotopic (exact) mass is 272 g/mol. The Hall–Kier alpha value is -2.07. The Morgan fingerprint density at radius 1 is 1.15 bits per heavy atom. The van der Waals surface area contributed by atoms with Crippen LogP contribution in [0.4, 0.5) is 0 Å². The summed E-state index contributed by atoms with van der Waals surface area (Å²) in [5.74, 6) is 2.47. The van der Waals surface area contributed by atoms with Crippen LogP contribution in [0.15, 0.2) is 36.5 Å². The van der Waals surface area contributed by atoms with Crippen molar-refractivity contribution in [3.05, 3.63) is 47.8 Å². The molecule has 0 aliphatic rings. The molecule has 0 unspecified atom stereocenters. The van der Waals surface area contributed by atoms with E-state index in [0.29, 0.717) is 6.61 Å². The fraction of sp³-hybridized carbons (Fsp3) is 0.312. The van der Waals surface area contributed by atoms with E-state index in [4.69, 9.17) is 9.47 Å². The van der Waals surface area contributed by atoms with Gasteiger partial charge in [-0.3, -0.25) is 4.98 Å². The Morgan fingerprint density at radius 3 is 2.50 bits per heavy atom. The van der Waals surface area contributed by atoms with Gasteiger partial charge in [-0.1, -0.05) is 0 Å². The first-order valence-electron chi connectivity index (χ1n) is 6.73. The van der Waals surface area contributed by atoms with Crippen LogP contribution in [0.5, 0.6) is 17.2 Å². The van der Waals surface area contributed by atoms with Crippen molar-refractivity contribution in [2.24, 2.45) is 0 Å². The van der Waals surface area contributed by atoms with E-state index in [2.05, 4.69) is 10.3 Å². The SMILES string of the molecule is CCOc1ccc(Oc2cc(C)ncc2CNC)cc1. The third-order valence-electron chi connectivity index (χ3n) is 2.81. The molecule has 0 spiro atoms. The van der Waals surface area contributed by atoms with Crippen molar-refractivity contribution < 1.29 is 9.47 Å². The Bertz CT molecular complexity index is 553. The minimum absolute atomic E-state index is 0.663. The van der Waals surface area contributed by atoms with E-state index >= 15 is 0 Å². The van der Waals surface area contributed by atoms with Gasteiger partial charge in [0.05, 0.1) is 6.61 Å². The van der Waals surface area contributed by atoms with E-state index in [9.17, 15) is 0 Å². The number of rotatable bonds is 6. The fourth-order valence-electron chi connectivity index (χ4n) is 1.88. The van der Waals surface area contributed by atoms with Crippen molar-refractivity contribution in [1.82, 2.24) is 10.3 Å². The second kappa shape index (κ2) is 6.91. The highest BCUT2D eigenvalue weighted by atomic mass is 16.5. The maximum atomic E-state index is 5.94. The number of hydrogen-bond donors (Lipinski definition) is 1. The van der Waals surface area contributed by atoms with Crippen LogP contribution in [0, 0.1) is 6.92 Å². The van der Waals surface area contributed by atoms with Crippen molar-refractivity contribution in [2.45, 2.75) is 20.4 Å². The second-order valence-corrected chi connectivity index (χ2v) is 4.47. The molecule has 0 radical (unpaired) electrons. The number of nitrogens with zero attached hydrogens (tertiary/aromatic N) is 1. The summed E-state index contributed by atoms with van der Waals surface area (Å²) >= 11 is 0. The van der Waals surface area contributed by atoms with Crippen LogP contribution in [0.25, 0.3) is 0 Å². The van der Waals surface area contributed by atoms with Crippen LogP contribution in [0.2, 0.25) is 0 Å². The molecule has 4 heteroatoms. The summed E-state index contributed by atoms with van der Waals surface area (Å²) in [5.41, 5.74) is 1.97. The minimum atomic E-state index is 0.663. The molecule has 0 atom stereocenters. The van der Waals surface area contributed by atoms with Gasteiger partial charge in [0.15, 0.2) is 0 Å². The normalized spacial score (nSPS) is 10.3. The summed E-state index contributed by atoms with van der Waals surface area (Å²) < 4.78 is 11.4. The highest BCUT2D eigenvalue weighted by Crippen LogP contribution is 2.27. The maximum absolute atomic E-state index is 5.94. The number of pyridine rings is 1. The number of benzene rings is 1. The molecule has 0 aliphatic carbocycles. The molecule has 0 aliphatic heterocycles. The maximum Gasteiger partial charge on any atom is 0.135 e. The van der Waals surface area contributed by atoms with Crippen molar-refractivity contribution in [2.75, 3.05) is 13.7 Å². The standard InChI is InChI=1S/C16H20N2O2/c1-4-19-14-5-7-15(8-6-14)20-16-9-12(2)18-11-13(16)10-17-3/h5-9,11,17H,4,10H2,1-3H3. The average Bonchev–Trinajstić information content (AvgIpc) is 2.44. The number of ether oxygens (including phenoxy) is 2. The molecule has 0 fully saturated rings. The number of hydrogen-bond acceptors (Lipinski definition) is 4. The van der Waals surface area contributed by atoms with Crippen molar-refractivity contribution in [1.29, 1.82) is 0 Å². The molecular weight excluding hydrogens is 252 g/mol. The molecule has 4 nitrogen and oxygen atoms in total. The molecule has 1 aromatic heterocycles. The Balaban J connectivity index is 2.18. The van der Waals surface area contributed by atoms with Gasteiger partial charge >= 0.3 is 0 Å². The molecular formula is C16H20N2O2. The van der Waals surface area contributed by atoms with Gasteiger partial charge in [0.1, 0.15) is 17.2 Å². The molecule has 106 valence electrons. The van der Waals surface area contributed by atoms with E-state index in [1.165, 1.54) is 0 Å². The summed E-state index contributed by atoms with van der Waals surface area (Å²) in [4.78, 5) is 4.30. The lowest BCUT2D eigenvalue weighted by atomic mass is 10.2. The zero-order valence-electron chi connectivity index (χ0n) is 12.1.